The van der Waals surface area contributed by atoms with Crippen LogP contribution in [0.15, 0.2) is 52.4 Å². The number of rotatable bonds is 4. The molecular formula is C19H17Cl2N3O2S. The van der Waals surface area contributed by atoms with E-state index in [-0.39, 0.29) is 11.5 Å². The fourth-order valence-electron chi connectivity index (χ4n) is 2.61. The standard InChI is InChI=1S/C19H17Cl2N3O2S/c1-11(17(25)23(2)3)27-19-22-16-10-13(21)6-9-15(16)18(26)24(19)14-7-4-12(20)5-8-14/h4-11H,1-3H3. The summed E-state index contributed by atoms with van der Waals surface area (Å²) in [4.78, 5) is 31.6. The van der Waals surface area contributed by atoms with Crippen LogP contribution in [0.5, 0.6) is 0 Å². The highest BCUT2D eigenvalue weighted by Crippen LogP contribution is 2.27. The van der Waals surface area contributed by atoms with Crippen molar-refractivity contribution < 1.29 is 4.79 Å². The molecule has 0 saturated heterocycles. The van der Waals surface area contributed by atoms with Crippen LogP contribution in [0, 0.1) is 0 Å². The number of carbonyl (C=O) groups excluding carboxylic acids is 1. The third-order valence-electron chi connectivity index (χ3n) is 3.96. The molecule has 3 rings (SSSR count). The van der Waals surface area contributed by atoms with E-state index in [9.17, 15) is 9.59 Å². The summed E-state index contributed by atoms with van der Waals surface area (Å²) in [6.07, 6.45) is 0. The van der Waals surface area contributed by atoms with Crippen LogP contribution < -0.4 is 5.56 Å². The second-order valence-corrected chi connectivity index (χ2v) is 8.35. The Balaban J connectivity index is 2.22. The highest BCUT2D eigenvalue weighted by Gasteiger charge is 2.21. The molecule has 1 heterocycles. The largest absolute Gasteiger partial charge is 0.348 e. The van der Waals surface area contributed by atoms with E-state index in [1.54, 1.807) is 63.5 Å². The monoisotopic (exact) mass is 421 g/mol. The molecule has 2 aromatic carbocycles. The van der Waals surface area contributed by atoms with Gasteiger partial charge in [-0.3, -0.25) is 14.2 Å². The van der Waals surface area contributed by atoms with Crippen molar-refractivity contribution in [1.29, 1.82) is 0 Å². The summed E-state index contributed by atoms with van der Waals surface area (Å²) in [5.74, 6) is -0.0666. The van der Waals surface area contributed by atoms with Gasteiger partial charge in [0.15, 0.2) is 5.16 Å². The van der Waals surface area contributed by atoms with Gasteiger partial charge in [0.25, 0.3) is 5.56 Å². The van der Waals surface area contributed by atoms with Gasteiger partial charge in [0.05, 0.1) is 21.8 Å². The topological polar surface area (TPSA) is 55.2 Å². The fraction of sp³-hybridized carbons (Fsp3) is 0.211. The minimum absolute atomic E-state index is 0.0666. The molecule has 27 heavy (non-hydrogen) atoms. The van der Waals surface area contributed by atoms with Crippen molar-refractivity contribution >= 4 is 51.8 Å². The van der Waals surface area contributed by atoms with Crippen LogP contribution in [0.25, 0.3) is 16.6 Å². The minimum Gasteiger partial charge on any atom is -0.348 e. The normalized spacial score (nSPS) is 12.2. The lowest BCUT2D eigenvalue weighted by Crippen LogP contribution is -2.31. The molecular weight excluding hydrogens is 405 g/mol. The molecule has 0 N–H and O–H groups in total. The third kappa shape index (κ3) is 4.13. The molecule has 0 saturated carbocycles. The van der Waals surface area contributed by atoms with E-state index in [1.165, 1.54) is 21.2 Å². The highest BCUT2D eigenvalue weighted by atomic mass is 35.5. The molecule has 1 unspecified atom stereocenters. The molecule has 8 heteroatoms. The zero-order valence-corrected chi connectivity index (χ0v) is 17.3. The van der Waals surface area contributed by atoms with Crippen LogP contribution in [0.4, 0.5) is 0 Å². The molecule has 0 aliphatic rings. The number of hydrogen-bond acceptors (Lipinski definition) is 4. The maximum Gasteiger partial charge on any atom is 0.266 e. The summed E-state index contributed by atoms with van der Waals surface area (Å²) in [7, 11) is 3.39. The Morgan fingerprint density at radius 1 is 1.11 bits per heavy atom. The van der Waals surface area contributed by atoms with E-state index in [2.05, 4.69) is 4.98 Å². The second-order valence-electron chi connectivity index (χ2n) is 6.17. The number of hydrogen-bond donors (Lipinski definition) is 0. The average molecular weight is 422 g/mol. The number of aromatic nitrogens is 2. The number of nitrogens with zero attached hydrogens (tertiary/aromatic N) is 3. The lowest BCUT2D eigenvalue weighted by atomic mass is 10.2. The second kappa shape index (κ2) is 7.92. The molecule has 3 aromatic rings. The molecule has 1 aromatic heterocycles. The van der Waals surface area contributed by atoms with Gasteiger partial charge in [0.1, 0.15) is 0 Å². The van der Waals surface area contributed by atoms with Crippen molar-refractivity contribution in [2.45, 2.75) is 17.3 Å². The van der Waals surface area contributed by atoms with Crippen LogP contribution in [-0.2, 0) is 4.79 Å². The summed E-state index contributed by atoms with van der Waals surface area (Å²) >= 11 is 13.3. The maximum absolute atomic E-state index is 13.2. The Labute approximate surface area is 170 Å². The van der Waals surface area contributed by atoms with Crippen LogP contribution >= 0.6 is 35.0 Å². The van der Waals surface area contributed by atoms with Crippen LogP contribution in [0.3, 0.4) is 0 Å². The van der Waals surface area contributed by atoms with E-state index in [0.717, 1.165) is 0 Å². The molecule has 5 nitrogen and oxygen atoms in total. The average Bonchev–Trinajstić information content (AvgIpc) is 2.62. The van der Waals surface area contributed by atoms with E-state index >= 15 is 0 Å². The molecule has 140 valence electrons. The molecule has 0 radical (unpaired) electrons. The summed E-state index contributed by atoms with van der Waals surface area (Å²) in [6, 6.07) is 11.9. The van der Waals surface area contributed by atoms with Crippen molar-refractivity contribution in [1.82, 2.24) is 14.5 Å². The summed E-state index contributed by atoms with van der Waals surface area (Å²) in [6.45, 7) is 1.79. The van der Waals surface area contributed by atoms with Crippen LogP contribution in [0.2, 0.25) is 10.0 Å². The number of carbonyl (C=O) groups is 1. The first-order valence-corrected chi connectivity index (χ1v) is 9.77. The molecule has 0 spiro atoms. The minimum atomic E-state index is -0.415. The molecule has 0 aliphatic heterocycles. The van der Waals surface area contributed by atoms with Crippen molar-refractivity contribution in [3.8, 4) is 5.69 Å². The van der Waals surface area contributed by atoms with Crippen LogP contribution in [0.1, 0.15) is 6.92 Å². The lowest BCUT2D eigenvalue weighted by Gasteiger charge is -2.18. The van der Waals surface area contributed by atoms with Gasteiger partial charge in [-0.05, 0) is 49.4 Å². The van der Waals surface area contributed by atoms with Crippen molar-refractivity contribution in [3.05, 3.63) is 62.9 Å². The SMILES string of the molecule is CC(Sc1nc2cc(Cl)ccc2c(=O)n1-c1ccc(Cl)cc1)C(=O)N(C)C. The molecule has 1 amide bonds. The molecule has 1 atom stereocenters. The Morgan fingerprint density at radius 3 is 2.37 bits per heavy atom. The van der Waals surface area contributed by atoms with Gasteiger partial charge in [-0.25, -0.2) is 4.98 Å². The highest BCUT2D eigenvalue weighted by molar-refractivity contribution is 8.00. The van der Waals surface area contributed by atoms with Gasteiger partial charge < -0.3 is 4.90 Å². The predicted octanol–water partition coefficient (Wildman–Crippen LogP) is 4.26. The van der Waals surface area contributed by atoms with E-state index in [1.807, 2.05) is 0 Å². The van der Waals surface area contributed by atoms with Gasteiger partial charge in [-0.2, -0.15) is 0 Å². The number of thioether (sulfide) groups is 1. The van der Waals surface area contributed by atoms with Gasteiger partial charge in [0.2, 0.25) is 5.91 Å². The fourth-order valence-corrected chi connectivity index (χ4v) is 3.97. The van der Waals surface area contributed by atoms with E-state index in [0.29, 0.717) is 31.8 Å². The lowest BCUT2D eigenvalue weighted by molar-refractivity contribution is -0.127. The summed E-state index contributed by atoms with van der Waals surface area (Å²) in [5.41, 5.74) is 0.886. The van der Waals surface area contributed by atoms with E-state index < -0.39 is 5.25 Å². The molecule has 0 fully saturated rings. The zero-order chi connectivity index (χ0) is 19.7. The Kier molecular flexibility index (Phi) is 5.79. The first-order chi connectivity index (χ1) is 12.8. The first-order valence-electron chi connectivity index (χ1n) is 8.14. The number of fused-ring (bicyclic) bond motifs is 1. The summed E-state index contributed by atoms with van der Waals surface area (Å²) in [5, 5.41) is 1.51. The number of benzene rings is 2. The van der Waals surface area contributed by atoms with Gasteiger partial charge in [-0.15, -0.1) is 0 Å². The third-order valence-corrected chi connectivity index (χ3v) is 5.48. The van der Waals surface area contributed by atoms with Gasteiger partial charge >= 0.3 is 0 Å². The van der Waals surface area contributed by atoms with Crippen molar-refractivity contribution in [3.63, 3.8) is 0 Å². The zero-order valence-electron chi connectivity index (χ0n) is 14.9. The first kappa shape index (κ1) is 19.7. The van der Waals surface area contributed by atoms with Gasteiger partial charge in [0, 0.05) is 24.1 Å². The molecule has 0 bridgehead atoms. The quantitative estimate of drug-likeness (QED) is 0.466. The van der Waals surface area contributed by atoms with Gasteiger partial charge in [-0.1, -0.05) is 35.0 Å². The molecule has 0 aliphatic carbocycles. The van der Waals surface area contributed by atoms with Crippen molar-refractivity contribution in [2.24, 2.45) is 0 Å². The smallest absolute Gasteiger partial charge is 0.266 e. The van der Waals surface area contributed by atoms with Crippen LogP contribution in [-0.4, -0.2) is 39.7 Å². The van der Waals surface area contributed by atoms with Crippen molar-refractivity contribution in [2.75, 3.05) is 14.1 Å². The Bertz CT molecular complexity index is 1060. The Morgan fingerprint density at radius 2 is 1.74 bits per heavy atom. The number of amides is 1. The van der Waals surface area contributed by atoms with E-state index in [4.69, 9.17) is 23.2 Å². The Hall–Kier alpha value is -2.02. The maximum atomic E-state index is 13.2. The number of halogens is 2. The predicted molar refractivity (Wildman–Crippen MR) is 111 cm³/mol. The summed E-state index contributed by atoms with van der Waals surface area (Å²) < 4.78 is 1.50.